The quantitative estimate of drug-likeness (QED) is 0.692. The van der Waals surface area contributed by atoms with Crippen LogP contribution in [0.5, 0.6) is 11.9 Å². The van der Waals surface area contributed by atoms with Crippen LogP contribution in [-0.4, -0.2) is 58.0 Å². The Labute approximate surface area is 180 Å². The third-order valence-electron chi connectivity index (χ3n) is 5.52. The molecule has 4 rings (SSSR count). The van der Waals surface area contributed by atoms with E-state index >= 15 is 0 Å². The average molecular weight is 423 g/mol. The maximum Gasteiger partial charge on any atom is 0.321 e. The molecule has 2 aromatic heterocycles. The molecule has 1 unspecified atom stereocenters. The van der Waals surface area contributed by atoms with Crippen LogP contribution in [0.25, 0.3) is 11.0 Å². The van der Waals surface area contributed by atoms with Gasteiger partial charge in [0, 0.05) is 25.2 Å². The van der Waals surface area contributed by atoms with Gasteiger partial charge in [0.1, 0.15) is 5.60 Å². The summed E-state index contributed by atoms with van der Waals surface area (Å²) in [5.74, 6) is 0.635. The van der Waals surface area contributed by atoms with Crippen LogP contribution in [0.1, 0.15) is 66.4 Å². The van der Waals surface area contributed by atoms with Crippen LogP contribution < -0.4 is 9.47 Å². The summed E-state index contributed by atoms with van der Waals surface area (Å²) in [7, 11) is 3.65. The molecule has 2 aromatic rings. The number of hydrogen-bond acceptors (Lipinski definition) is 5. The second-order valence-electron chi connectivity index (χ2n) is 8.49. The number of aromatic nitrogens is 3. The van der Waals surface area contributed by atoms with Gasteiger partial charge in [-0.3, -0.25) is 0 Å². The largest absolute Gasteiger partial charge is 0.471 e. The minimum Gasteiger partial charge on any atom is -0.471 e. The van der Waals surface area contributed by atoms with Crippen LogP contribution >= 0.6 is 0 Å². The van der Waals surface area contributed by atoms with E-state index in [9.17, 15) is 4.39 Å². The van der Waals surface area contributed by atoms with Crippen molar-refractivity contribution in [2.75, 3.05) is 20.7 Å². The Morgan fingerprint density at radius 3 is 2.57 bits per heavy atom. The highest BCUT2D eigenvalue weighted by Gasteiger charge is 2.32. The van der Waals surface area contributed by atoms with Crippen molar-refractivity contribution in [2.45, 2.75) is 91.6 Å². The summed E-state index contributed by atoms with van der Waals surface area (Å²) in [6.45, 7) is 13.9. The predicted octanol–water partition coefficient (Wildman–Crippen LogP) is 5.03. The third kappa shape index (κ3) is 5.62. The van der Waals surface area contributed by atoms with E-state index < -0.39 is 6.17 Å². The zero-order valence-corrected chi connectivity index (χ0v) is 20.0. The van der Waals surface area contributed by atoms with Gasteiger partial charge in [0.05, 0.1) is 18.7 Å². The van der Waals surface area contributed by atoms with Gasteiger partial charge in [0.25, 0.3) is 0 Å². The molecule has 0 N–H and O–H groups in total. The molecule has 30 heavy (non-hydrogen) atoms. The first-order valence-corrected chi connectivity index (χ1v) is 11.2. The SMILES string of the molecule is CC.CCn1cc2c3c(nc(OC)nc31)OC(C)(C)C2.C[C@H](F)CC1CCCN1C. The number of hydrogen-bond donors (Lipinski definition) is 0. The van der Waals surface area contributed by atoms with Gasteiger partial charge < -0.3 is 18.9 Å². The molecule has 1 saturated heterocycles. The third-order valence-corrected chi connectivity index (χ3v) is 5.52. The van der Waals surface area contributed by atoms with E-state index in [-0.39, 0.29) is 5.60 Å². The number of ether oxygens (including phenoxy) is 2. The van der Waals surface area contributed by atoms with Gasteiger partial charge in [-0.15, -0.1) is 0 Å². The van der Waals surface area contributed by atoms with Crippen molar-refractivity contribution in [3.63, 3.8) is 0 Å². The highest BCUT2D eigenvalue weighted by Crippen LogP contribution is 2.38. The molecular formula is C23H39FN4O2. The van der Waals surface area contributed by atoms with E-state index in [2.05, 4.69) is 53.5 Å². The van der Waals surface area contributed by atoms with E-state index in [0.29, 0.717) is 17.9 Å². The van der Waals surface area contributed by atoms with E-state index in [0.717, 1.165) is 37.0 Å². The molecule has 170 valence electrons. The van der Waals surface area contributed by atoms with Crippen LogP contribution in [-0.2, 0) is 13.0 Å². The van der Waals surface area contributed by atoms with Gasteiger partial charge in [-0.05, 0) is 66.1 Å². The molecule has 2 aliphatic rings. The first-order valence-electron chi connectivity index (χ1n) is 11.2. The van der Waals surface area contributed by atoms with Crippen LogP contribution in [0.3, 0.4) is 0 Å². The molecule has 0 amide bonds. The van der Waals surface area contributed by atoms with Gasteiger partial charge in [0.2, 0.25) is 5.88 Å². The number of methoxy groups -OCH3 is 1. The zero-order valence-electron chi connectivity index (χ0n) is 20.0. The lowest BCUT2D eigenvalue weighted by Gasteiger charge is -2.29. The molecule has 0 bridgehead atoms. The number of rotatable bonds is 4. The van der Waals surface area contributed by atoms with E-state index in [4.69, 9.17) is 9.47 Å². The monoisotopic (exact) mass is 422 g/mol. The van der Waals surface area contributed by atoms with Crippen LogP contribution in [0.4, 0.5) is 4.39 Å². The molecule has 7 heteroatoms. The Hall–Kier alpha value is -1.89. The van der Waals surface area contributed by atoms with Crippen molar-refractivity contribution in [1.29, 1.82) is 0 Å². The highest BCUT2D eigenvalue weighted by molar-refractivity contribution is 5.87. The lowest BCUT2D eigenvalue weighted by Crippen LogP contribution is -2.33. The average Bonchev–Trinajstić information content (AvgIpc) is 3.26. The van der Waals surface area contributed by atoms with Gasteiger partial charge in [-0.2, -0.15) is 9.97 Å². The summed E-state index contributed by atoms with van der Waals surface area (Å²) in [6, 6.07) is 0.870. The molecule has 6 nitrogen and oxygen atoms in total. The molecular weight excluding hydrogens is 383 g/mol. The van der Waals surface area contributed by atoms with Crippen LogP contribution in [0.2, 0.25) is 0 Å². The number of aryl methyl sites for hydroxylation is 1. The number of likely N-dealkylation sites (tertiary alicyclic amines) is 1. The molecule has 2 aliphatic heterocycles. The lowest BCUT2D eigenvalue weighted by atomic mass is 9.96. The summed E-state index contributed by atoms with van der Waals surface area (Å²) in [4.78, 5) is 11.0. The van der Waals surface area contributed by atoms with E-state index in [1.165, 1.54) is 18.4 Å². The zero-order chi connectivity index (χ0) is 22.5. The van der Waals surface area contributed by atoms with Crippen LogP contribution in [0, 0.1) is 0 Å². The molecule has 0 spiro atoms. The fraction of sp³-hybridized carbons (Fsp3) is 0.739. The molecule has 4 heterocycles. The second-order valence-corrected chi connectivity index (χ2v) is 8.49. The highest BCUT2D eigenvalue weighted by atomic mass is 19.1. The van der Waals surface area contributed by atoms with Crippen molar-refractivity contribution >= 4 is 11.0 Å². The minimum atomic E-state index is -0.634. The van der Waals surface area contributed by atoms with Gasteiger partial charge in [-0.1, -0.05) is 13.8 Å². The summed E-state index contributed by atoms with van der Waals surface area (Å²) in [6.07, 6.45) is 5.53. The van der Waals surface area contributed by atoms with Crippen molar-refractivity contribution in [1.82, 2.24) is 19.4 Å². The maximum absolute atomic E-state index is 12.5. The van der Waals surface area contributed by atoms with E-state index in [1.807, 2.05) is 13.8 Å². The Balaban J connectivity index is 0.000000228. The Kier molecular flexibility index (Phi) is 8.47. The first kappa shape index (κ1) is 24.4. The fourth-order valence-corrected chi connectivity index (χ4v) is 4.16. The van der Waals surface area contributed by atoms with Crippen LogP contribution in [0.15, 0.2) is 6.20 Å². The van der Waals surface area contributed by atoms with Gasteiger partial charge in [0.15, 0.2) is 5.65 Å². The predicted molar refractivity (Wildman–Crippen MR) is 120 cm³/mol. The Morgan fingerprint density at radius 1 is 1.33 bits per heavy atom. The standard InChI is InChI=1S/C13H17N3O2.C8H16FN.C2H6/c1-5-16-7-8-6-13(2,3)18-11-9(8)10(16)14-12(15-11)17-4;1-7(9)6-8-4-3-5-10(8)2;1-2/h7H,5-6H2,1-4H3;7-8H,3-6H2,1-2H3;1-2H3/t;7-,8?;/m.0./s1. The molecule has 0 saturated carbocycles. The van der Waals surface area contributed by atoms with Crippen molar-refractivity contribution in [3.8, 4) is 11.9 Å². The van der Waals surface area contributed by atoms with Gasteiger partial charge >= 0.3 is 6.01 Å². The molecule has 0 aliphatic carbocycles. The summed E-state index contributed by atoms with van der Waals surface area (Å²) in [5.41, 5.74) is 1.91. The number of nitrogens with zero attached hydrogens (tertiary/aromatic N) is 4. The molecule has 0 aromatic carbocycles. The van der Waals surface area contributed by atoms with Crippen molar-refractivity contribution < 1.29 is 13.9 Å². The first-order chi connectivity index (χ1) is 14.2. The topological polar surface area (TPSA) is 52.4 Å². The van der Waals surface area contributed by atoms with Crippen molar-refractivity contribution in [2.24, 2.45) is 0 Å². The summed E-state index contributed by atoms with van der Waals surface area (Å²) in [5, 5.41) is 1.02. The summed E-state index contributed by atoms with van der Waals surface area (Å²) < 4.78 is 25.7. The maximum atomic E-state index is 12.5. The smallest absolute Gasteiger partial charge is 0.321 e. The second kappa shape index (κ2) is 10.4. The molecule has 0 radical (unpaired) electrons. The minimum absolute atomic E-state index is 0.237. The Bertz CT molecular complexity index is 819. The Morgan fingerprint density at radius 2 is 2.03 bits per heavy atom. The lowest BCUT2D eigenvalue weighted by molar-refractivity contribution is 0.0989. The summed E-state index contributed by atoms with van der Waals surface area (Å²) >= 11 is 0. The molecule has 2 atom stereocenters. The van der Waals surface area contributed by atoms with Crippen molar-refractivity contribution in [3.05, 3.63) is 11.8 Å². The number of alkyl halides is 1. The van der Waals surface area contributed by atoms with Gasteiger partial charge in [-0.25, -0.2) is 4.39 Å². The number of halogens is 1. The normalized spacial score (nSPS) is 20.5. The molecule has 1 fully saturated rings. The fourth-order valence-electron chi connectivity index (χ4n) is 4.16. The van der Waals surface area contributed by atoms with E-state index in [1.54, 1.807) is 14.0 Å².